The molecule has 4 nitrogen and oxygen atoms in total. The Labute approximate surface area is 130 Å². The Kier molecular flexibility index (Phi) is 4.08. The lowest BCUT2D eigenvalue weighted by atomic mass is 10.0. The maximum Gasteiger partial charge on any atom is 0.173 e. The lowest BCUT2D eigenvalue weighted by molar-refractivity contribution is 0.281. The fraction of sp³-hybridized carbons (Fsp3) is 0.118. The van der Waals surface area contributed by atoms with Crippen molar-refractivity contribution < 1.29 is 23.1 Å². The Bertz CT molecular complexity index is 825. The molecule has 1 heterocycles. The minimum atomic E-state index is -0.773. The summed E-state index contributed by atoms with van der Waals surface area (Å²) < 4.78 is 38.3. The molecule has 0 saturated carbocycles. The topological polar surface area (TPSA) is 55.5 Å². The number of ether oxygens (including phenoxy) is 1. The van der Waals surface area contributed by atoms with Crippen molar-refractivity contribution >= 4 is 0 Å². The van der Waals surface area contributed by atoms with Crippen molar-refractivity contribution in [3.8, 4) is 28.3 Å². The summed E-state index contributed by atoms with van der Waals surface area (Å²) in [5, 5.41) is 13.4. The number of halogens is 2. The van der Waals surface area contributed by atoms with E-state index in [2.05, 4.69) is 5.16 Å². The van der Waals surface area contributed by atoms with E-state index in [4.69, 9.17) is 9.26 Å². The highest BCUT2D eigenvalue weighted by atomic mass is 19.1. The third-order valence-electron chi connectivity index (χ3n) is 3.48. The summed E-state index contributed by atoms with van der Waals surface area (Å²) in [6, 6.07) is 10.4. The van der Waals surface area contributed by atoms with Crippen molar-refractivity contribution in [2.45, 2.75) is 6.61 Å². The predicted octanol–water partition coefficient (Wildman–Crippen LogP) is 3.79. The summed E-state index contributed by atoms with van der Waals surface area (Å²) in [7, 11) is 1.52. The van der Waals surface area contributed by atoms with E-state index in [1.54, 1.807) is 24.3 Å². The SMILES string of the molecule is COc1cccc(-c2onc(-c3c(F)cccc3F)c2CO)c1. The fourth-order valence-corrected chi connectivity index (χ4v) is 2.37. The Balaban J connectivity index is 2.17. The van der Waals surface area contributed by atoms with Crippen molar-refractivity contribution in [2.75, 3.05) is 7.11 Å². The van der Waals surface area contributed by atoms with E-state index in [9.17, 15) is 13.9 Å². The molecule has 0 unspecified atom stereocenters. The van der Waals surface area contributed by atoms with E-state index >= 15 is 0 Å². The molecule has 0 spiro atoms. The van der Waals surface area contributed by atoms with Crippen LogP contribution in [-0.4, -0.2) is 17.4 Å². The van der Waals surface area contributed by atoms with Crippen molar-refractivity contribution in [1.29, 1.82) is 0 Å². The molecule has 2 aromatic carbocycles. The second kappa shape index (κ2) is 6.18. The molecule has 0 amide bonds. The summed E-state index contributed by atoms with van der Waals surface area (Å²) in [5.41, 5.74) is 0.418. The van der Waals surface area contributed by atoms with Gasteiger partial charge in [0.15, 0.2) is 5.76 Å². The number of hydrogen-bond donors (Lipinski definition) is 1. The summed E-state index contributed by atoms with van der Waals surface area (Å²) in [4.78, 5) is 0. The van der Waals surface area contributed by atoms with Crippen molar-refractivity contribution in [1.82, 2.24) is 5.16 Å². The highest BCUT2D eigenvalue weighted by Crippen LogP contribution is 2.35. The van der Waals surface area contributed by atoms with Gasteiger partial charge in [0.2, 0.25) is 0 Å². The van der Waals surface area contributed by atoms with Crippen LogP contribution in [0.5, 0.6) is 5.75 Å². The first kappa shape index (κ1) is 15.2. The second-order valence-corrected chi connectivity index (χ2v) is 4.83. The van der Waals surface area contributed by atoms with Gasteiger partial charge < -0.3 is 14.4 Å². The van der Waals surface area contributed by atoms with E-state index in [0.29, 0.717) is 11.3 Å². The Morgan fingerprint density at radius 1 is 1.13 bits per heavy atom. The molecular formula is C17H13F2NO3. The second-order valence-electron chi connectivity index (χ2n) is 4.83. The number of aliphatic hydroxyl groups is 1. The Morgan fingerprint density at radius 2 is 1.83 bits per heavy atom. The van der Waals surface area contributed by atoms with Gasteiger partial charge >= 0.3 is 0 Å². The molecule has 0 saturated heterocycles. The van der Waals surface area contributed by atoms with Crippen molar-refractivity contribution in [3.05, 3.63) is 59.7 Å². The smallest absolute Gasteiger partial charge is 0.173 e. The van der Waals surface area contributed by atoms with Crippen LogP contribution in [0.15, 0.2) is 47.0 Å². The lowest BCUT2D eigenvalue weighted by Crippen LogP contribution is -1.95. The lowest BCUT2D eigenvalue weighted by Gasteiger charge is -2.05. The number of hydrogen-bond acceptors (Lipinski definition) is 4. The molecule has 6 heteroatoms. The number of rotatable bonds is 4. The number of nitrogens with zero attached hydrogens (tertiary/aromatic N) is 1. The number of methoxy groups -OCH3 is 1. The van der Waals surface area contributed by atoms with Crippen LogP contribution in [-0.2, 0) is 6.61 Å². The molecule has 0 atom stereocenters. The number of benzene rings is 2. The van der Waals surface area contributed by atoms with Crippen LogP contribution in [0.3, 0.4) is 0 Å². The first-order valence-electron chi connectivity index (χ1n) is 6.84. The molecule has 118 valence electrons. The molecule has 1 aromatic heterocycles. The number of aromatic nitrogens is 1. The minimum Gasteiger partial charge on any atom is -0.497 e. The van der Waals surface area contributed by atoms with Gasteiger partial charge in [0, 0.05) is 5.56 Å². The molecular weight excluding hydrogens is 304 g/mol. The van der Waals surface area contributed by atoms with Crippen LogP contribution in [0, 0.1) is 11.6 Å². The Morgan fingerprint density at radius 3 is 2.48 bits per heavy atom. The van der Waals surface area contributed by atoms with E-state index < -0.39 is 18.2 Å². The molecule has 0 fully saturated rings. The highest BCUT2D eigenvalue weighted by Gasteiger charge is 2.23. The van der Waals surface area contributed by atoms with Gasteiger partial charge in [-0.25, -0.2) is 8.78 Å². The van der Waals surface area contributed by atoms with Gasteiger partial charge in [0.1, 0.15) is 23.1 Å². The summed E-state index contributed by atoms with van der Waals surface area (Å²) in [6.45, 7) is -0.473. The largest absolute Gasteiger partial charge is 0.497 e. The standard InChI is InChI=1S/C17H13F2NO3/c1-22-11-5-2-4-10(8-11)17-12(9-21)16(20-23-17)15-13(18)6-3-7-14(15)19/h2-8,21H,9H2,1H3. The normalized spacial score (nSPS) is 10.8. The first-order chi connectivity index (χ1) is 11.2. The molecule has 1 N–H and O–H groups in total. The molecule has 0 aliphatic rings. The fourth-order valence-electron chi connectivity index (χ4n) is 2.37. The maximum absolute atomic E-state index is 14.0. The molecule has 3 aromatic rings. The van der Waals surface area contributed by atoms with Crippen LogP contribution in [0.25, 0.3) is 22.6 Å². The molecule has 0 bridgehead atoms. The predicted molar refractivity (Wildman–Crippen MR) is 79.8 cm³/mol. The Hall–Kier alpha value is -2.73. The zero-order valence-electron chi connectivity index (χ0n) is 12.2. The van der Waals surface area contributed by atoms with Gasteiger partial charge in [-0.15, -0.1) is 0 Å². The zero-order valence-corrected chi connectivity index (χ0v) is 12.2. The van der Waals surface area contributed by atoms with Crippen molar-refractivity contribution in [2.24, 2.45) is 0 Å². The van der Waals surface area contributed by atoms with Gasteiger partial charge in [0.05, 0.1) is 24.8 Å². The minimum absolute atomic E-state index is 0.0547. The number of aliphatic hydroxyl groups excluding tert-OH is 1. The monoisotopic (exact) mass is 317 g/mol. The van der Waals surface area contributed by atoms with Crippen molar-refractivity contribution in [3.63, 3.8) is 0 Å². The van der Waals surface area contributed by atoms with Gasteiger partial charge in [-0.2, -0.15) is 0 Å². The average molecular weight is 317 g/mol. The zero-order chi connectivity index (χ0) is 16.4. The van der Waals surface area contributed by atoms with Gasteiger partial charge in [-0.3, -0.25) is 0 Å². The van der Waals surface area contributed by atoms with E-state index in [-0.39, 0.29) is 22.6 Å². The van der Waals surface area contributed by atoms with Gasteiger partial charge in [-0.05, 0) is 24.3 Å². The van der Waals surface area contributed by atoms with Crippen LogP contribution in [0.2, 0.25) is 0 Å². The van der Waals surface area contributed by atoms with Crippen LogP contribution in [0.4, 0.5) is 8.78 Å². The quantitative estimate of drug-likeness (QED) is 0.795. The summed E-state index contributed by atoms with van der Waals surface area (Å²) in [5.74, 6) is -0.721. The maximum atomic E-state index is 14.0. The summed E-state index contributed by atoms with van der Waals surface area (Å²) in [6.07, 6.45) is 0. The third kappa shape index (κ3) is 2.68. The van der Waals surface area contributed by atoms with Gasteiger partial charge in [-0.1, -0.05) is 23.4 Å². The molecule has 0 radical (unpaired) electrons. The summed E-state index contributed by atoms with van der Waals surface area (Å²) >= 11 is 0. The van der Waals surface area contributed by atoms with Gasteiger partial charge in [0.25, 0.3) is 0 Å². The van der Waals surface area contributed by atoms with E-state index in [1.807, 2.05) is 0 Å². The molecule has 3 rings (SSSR count). The van der Waals surface area contributed by atoms with Crippen LogP contribution < -0.4 is 4.74 Å². The van der Waals surface area contributed by atoms with Crippen LogP contribution >= 0.6 is 0 Å². The molecule has 0 aliphatic heterocycles. The third-order valence-corrected chi connectivity index (χ3v) is 3.48. The van der Waals surface area contributed by atoms with Crippen LogP contribution in [0.1, 0.15) is 5.56 Å². The molecule has 23 heavy (non-hydrogen) atoms. The highest BCUT2D eigenvalue weighted by molar-refractivity contribution is 5.73. The van der Waals surface area contributed by atoms with E-state index in [0.717, 1.165) is 12.1 Å². The average Bonchev–Trinajstić information content (AvgIpc) is 2.98. The molecule has 0 aliphatic carbocycles. The first-order valence-corrected chi connectivity index (χ1v) is 6.84. The van der Waals surface area contributed by atoms with E-state index in [1.165, 1.54) is 13.2 Å².